The monoisotopic (exact) mass is 473 g/mol. The molecule has 0 saturated carbocycles. The average molecular weight is 473 g/mol. The van der Waals surface area contributed by atoms with Crippen LogP contribution in [-0.2, 0) is 12.7 Å². The third kappa shape index (κ3) is 4.77. The summed E-state index contributed by atoms with van der Waals surface area (Å²) in [6, 6.07) is 8.91. The van der Waals surface area contributed by atoms with Crippen molar-refractivity contribution in [2.75, 3.05) is 14.1 Å². The fourth-order valence-corrected chi connectivity index (χ4v) is 4.23. The van der Waals surface area contributed by atoms with E-state index in [9.17, 15) is 22.8 Å². The number of amidine groups is 1. The van der Waals surface area contributed by atoms with E-state index in [1.54, 1.807) is 25.4 Å². The third-order valence-electron chi connectivity index (χ3n) is 4.99. The van der Waals surface area contributed by atoms with E-state index in [4.69, 9.17) is 0 Å². The number of aliphatic imine (C=N–C) groups is 1. The normalized spacial score (nSPS) is 16.6. The molecule has 0 unspecified atom stereocenters. The molecule has 0 aliphatic carbocycles. The minimum Gasteiger partial charge on any atom is -0.355 e. The van der Waals surface area contributed by atoms with Crippen LogP contribution in [0.1, 0.15) is 27.0 Å². The molecule has 1 fully saturated rings. The minimum absolute atomic E-state index is 0.000965. The van der Waals surface area contributed by atoms with Gasteiger partial charge in [-0.3, -0.25) is 19.3 Å². The fourth-order valence-electron chi connectivity index (χ4n) is 3.45. The summed E-state index contributed by atoms with van der Waals surface area (Å²) in [6.07, 6.45) is -1.15. The third-order valence-corrected chi connectivity index (χ3v) is 5.81. The number of amides is 2. The Morgan fingerprint density at radius 1 is 1.27 bits per heavy atom. The first-order valence-electron chi connectivity index (χ1n) is 9.75. The lowest BCUT2D eigenvalue weighted by molar-refractivity contribution is -0.138. The molecule has 11 heteroatoms. The molecule has 33 heavy (non-hydrogen) atoms. The highest BCUT2D eigenvalue weighted by Gasteiger charge is 2.34. The van der Waals surface area contributed by atoms with Crippen LogP contribution in [0.2, 0.25) is 0 Å². The molecule has 170 valence electrons. The van der Waals surface area contributed by atoms with Crippen molar-refractivity contribution in [3.05, 3.63) is 69.8 Å². The highest BCUT2D eigenvalue weighted by atomic mass is 32.2. The number of benzene rings is 2. The molecule has 0 spiro atoms. The summed E-state index contributed by atoms with van der Waals surface area (Å²) in [5, 5.41) is 9.87. The summed E-state index contributed by atoms with van der Waals surface area (Å²) in [7, 11) is 2.94. The lowest BCUT2D eigenvalue weighted by atomic mass is 10.0. The van der Waals surface area contributed by atoms with E-state index in [2.05, 4.69) is 20.7 Å². The predicted octanol–water partition coefficient (Wildman–Crippen LogP) is 4.29. The van der Waals surface area contributed by atoms with Gasteiger partial charge >= 0.3 is 6.18 Å². The van der Waals surface area contributed by atoms with Crippen LogP contribution in [0.4, 0.5) is 18.0 Å². The number of alkyl halides is 3. The number of hydrogen-bond acceptors (Lipinski definition) is 5. The van der Waals surface area contributed by atoms with Gasteiger partial charge in [0.1, 0.15) is 5.84 Å². The van der Waals surface area contributed by atoms with Gasteiger partial charge in [-0.2, -0.15) is 18.3 Å². The van der Waals surface area contributed by atoms with Gasteiger partial charge in [0, 0.05) is 31.2 Å². The molecule has 1 aromatic heterocycles. The van der Waals surface area contributed by atoms with Crippen molar-refractivity contribution in [3.63, 3.8) is 0 Å². The minimum atomic E-state index is -4.62. The molecule has 2 heterocycles. The molecule has 1 aliphatic rings. The zero-order valence-electron chi connectivity index (χ0n) is 17.5. The second-order valence-corrected chi connectivity index (χ2v) is 8.20. The lowest BCUT2D eigenvalue weighted by Gasteiger charge is -2.14. The quantitative estimate of drug-likeness (QED) is 0.592. The molecule has 2 aromatic carbocycles. The van der Waals surface area contributed by atoms with E-state index in [1.807, 2.05) is 12.1 Å². The molecular formula is C22H18F3N5O2S. The van der Waals surface area contributed by atoms with Gasteiger partial charge in [0.05, 0.1) is 22.5 Å². The number of fused-ring (bicyclic) bond motifs is 1. The van der Waals surface area contributed by atoms with Crippen molar-refractivity contribution >= 4 is 45.7 Å². The van der Waals surface area contributed by atoms with Gasteiger partial charge in [-0.1, -0.05) is 12.1 Å². The number of rotatable bonds is 4. The SMILES string of the molecule is CN=C1NC(=O)S/C1=C\c1ccc2nn(Cc3ccc(C(=O)NC)cc3C(F)(F)F)cc2c1. The number of hydrogen-bond donors (Lipinski definition) is 2. The number of nitrogens with zero attached hydrogens (tertiary/aromatic N) is 3. The Balaban J connectivity index is 1.65. The molecule has 1 aliphatic heterocycles. The molecule has 4 rings (SSSR count). The summed E-state index contributed by atoms with van der Waals surface area (Å²) < 4.78 is 42.3. The van der Waals surface area contributed by atoms with Crippen LogP contribution in [0.25, 0.3) is 17.0 Å². The highest BCUT2D eigenvalue weighted by Crippen LogP contribution is 2.33. The molecule has 1 saturated heterocycles. The maximum absolute atomic E-state index is 13.6. The van der Waals surface area contributed by atoms with E-state index in [0.29, 0.717) is 16.3 Å². The van der Waals surface area contributed by atoms with Crippen LogP contribution < -0.4 is 10.6 Å². The van der Waals surface area contributed by atoms with Crippen LogP contribution in [0.15, 0.2) is 52.5 Å². The van der Waals surface area contributed by atoms with Gasteiger partial charge < -0.3 is 10.6 Å². The van der Waals surface area contributed by atoms with Gasteiger partial charge in [-0.25, -0.2) is 0 Å². The Morgan fingerprint density at radius 3 is 2.76 bits per heavy atom. The molecule has 0 bridgehead atoms. The average Bonchev–Trinajstić information content (AvgIpc) is 3.34. The number of carbonyl (C=O) groups is 2. The van der Waals surface area contributed by atoms with Crippen molar-refractivity contribution in [2.45, 2.75) is 12.7 Å². The second kappa shape index (κ2) is 8.74. The smallest absolute Gasteiger partial charge is 0.355 e. The zero-order valence-corrected chi connectivity index (χ0v) is 18.3. The molecule has 0 atom stereocenters. The topological polar surface area (TPSA) is 88.4 Å². The first-order chi connectivity index (χ1) is 15.7. The number of halogens is 3. The molecular weight excluding hydrogens is 455 g/mol. The van der Waals surface area contributed by atoms with Gasteiger partial charge in [0.25, 0.3) is 11.1 Å². The van der Waals surface area contributed by atoms with E-state index in [-0.39, 0.29) is 22.9 Å². The molecule has 2 N–H and O–H groups in total. The van der Waals surface area contributed by atoms with Crippen LogP contribution in [-0.4, -0.2) is 40.9 Å². The van der Waals surface area contributed by atoms with Gasteiger partial charge in [-0.15, -0.1) is 0 Å². The van der Waals surface area contributed by atoms with E-state index >= 15 is 0 Å². The number of nitrogens with one attached hydrogen (secondary N) is 2. The van der Waals surface area contributed by atoms with Crippen molar-refractivity contribution in [2.24, 2.45) is 4.99 Å². The first-order valence-corrected chi connectivity index (χ1v) is 10.6. The number of thioether (sulfide) groups is 1. The molecule has 3 aromatic rings. The Bertz CT molecular complexity index is 1330. The second-order valence-electron chi connectivity index (χ2n) is 7.19. The van der Waals surface area contributed by atoms with Crippen LogP contribution in [0.3, 0.4) is 0 Å². The maximum Gasteiger partial charge on any atom is 0.416 e. The Hall–Kier alpha value is -3.60. The standard InChI is InChI=1S/C22H18F3N5O2S/c1-26-19-18(33-21(32)28-19)8-12-3-6-17-15(7-12)11-30(29-17)10-14-5-4-13(20(31)27-2)9-16(14)22(23,24)25/h3-9,11H,10H2,1-2H3,(H,27,31)(H,26,28,32)/b18-8-. The Kier molecular flexibility index (Phi) is 5.98. The van der Waals surface area contributed by atoms with Crippen molar-refractivity contribution < 1.29 is 22.8 Å². The molecule has 7 nitrogen and oxygen atoms in total. The lowest BCUT2D eigenvalue weighted by Crippen LogP contribution is -2.20. The van der Waals surface area contributed by atoms with Crippen molar-refractivity contribution in [1.29, 1.82) is 0 Å². The summed E-state index contributed by atoms with van der Waals surface area (Å²) in [6.45, 7) is -0.116. The van der Waals surface area contributed by atoms with E-state index < -0.39 is 17.6 Å². The van der Waals surface area contributed by atoms with Crippen LogP contribution >= 0.6 is 11.8 Å². The first kappa shape index (κ1) is 22.6. The van der Waals surface area contributed by atoms with Gasteiger partial charge in [0.15, 0.2) is 0 Å². The summed E-state index contributed by atoms with van der Waals surface area (Å²) in [5.41, 5.74) is 0.472. The fraction of sp³-hybridized carbons (Fsp3) is 0.182. The summed E-state index contributed by atoms with van der Waals surface area (Å²) in [4.78, 5) is 28.1. The number of aromatic nitrogens is 2. The predicted molar refractivity (Wildman–Crippen MR) is 121 cm³/mol. The maximum atomic E-state index is 13.6. The van der Waals surface area contributed by atoms with Crippen molar-refractivity contribution in [3.8, 4) is 0 Å². The van der Waals surface area contributed by atoms with E-state index in [1.165, 1.54) is 23.9 Å². The Morgan fingerprint density at radius 2 is 2.06 bits per heavy atom. The summed E-state index contributed by atoms with van der Waals surface area (Å²) in [5.74, 6) is -0.104. The van der Waals surface area contributed by atoms with Crippen LogP contribution in [0.5, 0.6) is 0 Å². The van der Waals surface area contributed by atoms with Gasteiger partial charge in [0.2, 0.25) is 0 Å². The van der Waals surface area contributed by atoms with Gasteiger partial charge in [-0.05, 0) is 53.2 Å². The van der Waals surface area contributed by atoms with Crippen LogP contribution in [0, 0.1) is 0 Å². The van der Waals surface area contributed by atoms with E-state index in [0.717, 1.165) is 28.8 Å². The van der Waals surface area contributed by atoms with Crippen molar-refractivity contribution in [1.82, 2.24) is 20.4 Å². The largest absolute Gasteiger partial charge is 0.416 e. The number of carbonyl (C=O) groups excluding carboxylic acids is 2. The summed E-state index contributed by atoms with van der Waals surface area (Å²) >= 11 is 1.04. The highest BCUT2D eigenvalue weighted by molar-refractivity contribution is 8.18. The zero-order chi connectivity index (χ0) is 23.8. The molecule has 2 amide bonds. The Labute approximate surface area is 190 Å². The molecule has 0 radical (unpaired) electrons.